The highest BCUT2D eigenvalue weighted by molar-refractivity contribution is 7.80. The molecular formula is C7H10N4OS. The SMILES string of the molecule is CC(=O)Nc1c(C(N)=S)cnn1C. The van der Waals surface area contributed by atoms with E-state index in [1.807, 2.05) is 0 Å². The van der Waals surface area contributed by atoms with Crippen LogP contribution in [0.15, 0.2) is 6.20 Å². The molecule has 0 fully saturated rings. The van der Waals surface area contributed by atoms with Gasteiger partial charge in [-0.2, -0.15) is 5.10 Å². The largest absolute Gasteiger partial charge is 0.389 e. The zero-order chi connectivity index (χ0) is 10.0. The summed E-state index contributed by atoms with van der Waals surface area (Å²) in [6, 6.07) is 0. The van der Waals surface area contributed by atoms with Crippen LogP contribution in [0.2, 0.25) is 0 Å². The molecule has 0 aliphatic rings. The first-order valence-electron chi connectivity index (χ1n) is 3.61. The van der Waals surface area contributed by atoms with Gasteiger partial charge in [0, 0.05) is 14.0 Å². The van der Waals surface area contributed by atoms with Gasteiger partial charge in [-0.15, -0.1) is 0 Å². The number of aromatic nitrogens is 2. The van der Waals surface area contributed by atoms with Gasteiger partial charge in [0.05, 0.1) is 11.8 Å². The molecule has 1 heterocycles. The van der Waals surface area contributed by atoms with E-state index in [1.54, 1.807) is 7.05 Å². The van der Waals surface area contributed by atoms with E-state index in [-0.39, 0.29) is 10.9 Å². The molecule has 1 amide bonds. The number of carbonyl (C=O) groups excluding carboxylic acids is 1. The summed E-state index contributed by atoms with van der Waals surface area (Å²) in [5.41, 5.74) is 6.01. The number of amides is 1. The standard InChI is InChI=1S/C7H10N4OS/c1-4(12)10-7-5(6(8)13)3-9-11(7)2/h3H,1-2H3,(H2,8,13)(H,10,12). The Morgan fingerprint density at radius 1 is 1.77 bits per heavy atom. The molecule has 0 spiro atoms. The summed E-state index contributed by atoms with van der Waals surface area (Å²) in [6.45, 7) is 1.41. The minimum Gasteiger partial charge on any atom is -0.389 e. The van der Waals surface area contributed by atoms with Gasteiger partial charge in [0.2, 0.25) is 5.91 Å². The van der Waals surface area contributed by atoms with Gasteiger partial charge in [0.1, 0.15) is 10.8 Å². The van der Waals surface area contributed by atoms with E-state index in [0.29, 0.717) is 11.4 Å². The van der Waals surface area contributed by atoms with Crippen molar-refractivity contribution in [3.8, 4) is 0 Å². The molecule has 5 nitrogen and oxygen atoms in total. The molecular weight excluding hydrogens is 188 g/mol. The summed E-state index contributed by atoms with van der Waals surface area (Å²) in [5.74, 6) is 0.348. The lowest BCUT2D eigenvalue weighted by atomic mass is 10.3. The molecule has 0 saturated carbocycles. The first-order valence-corrected chi connectivity index (χ1v) is 4.02. The highest BCUT2D eigenvalue weighted by Crippen LogP contribution is 2.13. The Kier molecular flexibility index (Phi) is 2.62. The van der Waals surface area contributed by atoms with E-state index in [2.05, 4.69) is 10.4 Å². The van der Waals surface area contributed by atoms with E-state index < -0.39 is 0 Å². The van der Waals surface area contributed by atoms with Gasteiger partial charge >= 0.3 is 0 Å². The van der Waals surface area contributed by atoms with Crippen molar-refractivity contribution in [3.05, 3.63) is 11.8 Å². The quantitative estimate of drug-likeness (QED) is 0.657. The van der Waals surface area contributed by atoms with E-state index in [1.165, 1.54) is 17.8 Å². The van der Waals surface area contributed by atoms with Gasteiger partial charge in [-0.1, -0.05) is 12.2 Å². The van der Waals surface area contributed by atoms with Crippen molar-refractivity contribution in [1.82, 2.24) is 9.78 Å². The van der Waals surface area contributed by atoms with Gasteiger partial charge < -0.3 is 11.1 Å². The second-order valence-corrected chi connectivity index (χ2v) is 3.02. The van der Waals surface area contributed by atoms with Crippen LogP contribution >= 0.6 is 12.2 Å². The number of hydrogen-bond acceptors (Lipinski definition) is 3. The third kappa shape index (κ3) is 2.03. The van der Waals surface area contributed by atoms with Gasteiger partial charge in [-0.05, 0) is 0 Å². The Labute approximate surface area is 80.9 Å². The molecule has 1 aromatic heterocycles. The van der Waals surface area contributed by atoms with E-state index in [9.17, 15) is 4.79 Å². The first-order chi connectivity index (χ1) is 6.02. The summed E-state index contributed by atoms with van der Waals surface area (Å²) in [7, 11) is 1.70. The average Bonchev–Trinajstić information content (AvgIpc) is 2.32. The Morgan fingerprint density at radius 3 is 2.85 bits per heavy atom. The minimum absolute atomic E-state index is 0.180. The second-order valence-electron chi connectivity index (χ2n) is 2.58. The van der Waals surface area contributed by atoms with Crippen molar-refractivity contribution in [1.29, 1.82) is 0 Å². The Bertz CT molecular complexity index is 357. The van der Waals surface area contributed by atoms with Crippen molar-refractivity contribution in [3.63, 3.8) is 0 Å². The van der Waals surface area contributed by atoms with Crippen molar-refractivity contribution in [2.24, 2.45) is 12.8 Å². The molecule has 0 saturated heterocycles. The van der Waals surface area contributed by atoms with Crippen molar-refractivity contribution in [2.45, 2.75) is 6.92 Å². The van der Waals surface area contributed by atoms with Gasteiger partial charge in [-0.3, -0.25) is 9.48 Å². The highest BCUT2D eigenvalue weighted by Gasteiger charge is 2.11. The molecule has 6 heteroatoms. The lowest BCUT2D eigenvalue weighted by Crippen LogP contribution is -2.16. The number of nitrogens with zero attached hydrogens (tertiary/aromatic N) is 2. The predicted molar refractivity (Wildman–Crippen MR) is 53.4 cm³/mol. The van der Waals surface area contributed by atoms with Crippen LogP contribution in [0, 0.1) is 0 Å². The molecule has 70 valence electrons. The smallest absolute Gasteiger partial charge is 0.222 e. The fourth-order valence-electron chi connectivity index (χ4n) is 0.933. The summed E-state index contributed by atoms with van der Waals surface area (Å²) in [5, 5.41) is 6.52. The lowest BCUT2D eigenvalue weighted by Gasteiger charge is -2.04. The third-order valence-corrected chi connectivity index (χ3v) is 1.72. The van der Waals surface area contributed by atoms with Crippen molar-refractivity contribution >= 4 is 28.9 Å². The Hall–Kier alpha value is -1.43. The van der Waals surface area contributed by atoms with Crippen LogP contribution in [-0.4, -0.2) is 20.7 Å². The molecule has 0 aromatic carbocycles. The molecule has 3 N–H and O–H groups in total. The average molecular weight is 198 g/mol. The molecule has 0 radical (unpaired) electrons. The van der Waals surface area contributed by atoms with Crippen LogP contribution in [0.5, 0.6) is 0 Å². The molecule has 0 aliphatic carbocycles. The topological polar surface area (TPSA) is 72.9 Å². The molecule has 0 aliphatic heterocycles. The zero-order valence-corrected chi connectivity index (χ0v) is 8.18. The van der Waals surface area contributed by atoms with Crippen LogP contribution in [-0.2, 0) is 11.8 Å². The maximum absolute atomic E-state index is 10.8. The van der Waals surface area contributed by atoms with Crippen LogP contribution in [0.1, 0.15) is 12.5 Å². The van der Waals surface area contributed by atoms with Gasteiger partial charge in [0.15, 0.2) is 0 Å². The lowest BCUT2D eigenvalue weighted by molar-refractivity contribution is -0.114. The molecule has 0 unspecified atom stereocenters. The number of aryl methyl sites for hydroxylation is 1. The molecule has 1 aromatic rings. The normalized spacial score (nSPS) is 9.69. The predicted octanol–water partition coefficient (Wildman–Crippen LogP) is 0.0127. The molecule has 1 rings (SSSR count). The summed E-state index contributed by atoms with van der Waals surface area (Å²) in [4.78, 5) is 11.0. The van der Waals surface area contributed by atoms with Crippen LogP contribution < -0.4 is 11.1 Å². The zero-order valence-electron chi connectivity index (χ0n) is 7.37. The maximum atomic E-state index is 10.8. The number of rotatable bonds is 2. The number of hydrogen-bond donors (Lipinski definition) is 2. The van der Waals surface area contributed by atoms with Crippen LogP contribution in [0.3, 0.4) is 0 Å². The highest BCUT2D eigenvalue weighted by atomic mass is 32.1. The Morgan fingerprint density at radius 2 is 2.38 bits per heavy atom. The Balaban J connectivity index is 3.08. The van der Waals surface area contributed by atoms with Crippen LogP contribution in [0.25, 0.3) is 0 Å². The van der Waals surface area contributed by atoms with Gasteiger partial charge in [-0.25, -0.2) is 0 Å². The van der Waals surface area contributed by atoms with E-state index in [4.69, 9.17) is 18.0 Å². The molecule has 0 atom stereocenters. The van der Waals surface area contributed by atoms with Crippen molar-refractivity contribution in [2.75, 3.05) is 5.32 Å². The number of anilines is 1. The fourth-order valence-corrected chi connectivity index (χ4v) is 1.08. The van der Waals surface area contributed by atoms with E-state index >= 15 is 0 Å². The van der Waals surface area contributed by atoms with Crippen LogP contribution in [0.4, 0.5) is 5.82 Å². The summed E-state index contributed by atoms with van der Waals surface area (Å²) >= 11 is 4.79. The maximum Gasteiger partial charge on any atom is 0.222 e. The number of carbonyl (C=O) groups is 1. The fraction of sp³-hybridized carbons (Fsp3) is 0.286. The summed E-state index contributed by atoms with van der Waals surface area (Å²) < 4.78 is 1.51. The number of thiocarbonyl (C=S) groups is 1. The molecule has 13 heavy (non-hydrogen) atoms. The second kappa shape index (κ2) is 3.53. The monoisotopic (exact) mass is 198 g/mol. The number of nitrogens with two attached hydrogens (primary N) is 1. The number of nitrogens with one attached hydrogen (secondary N) is 1. The van der Waals surface area contributed by atoms with E-state index in [0.717, 1.165) is 0 Å². The minimum atomic E-state index is -0.180. The molecule has 0 bridgehead atoms. The summed E-state index contributed by atoms with van der Waals surface area (Å²) in [6.07, 6.45) is 1.52. The van der Waals surface area contributed by atoms with Crippen molar-refractivity contribution < 1.29 is 4.79 Å². The first kappa shape index (κ1) is 9.66. The van der Waals surface area contributed by atoms with Gasteiger partial charge in [0.25, 0.3) is 0 Å². The third-order valence-electron chi connectivity index (χ3n) is 1.50.